The van der Waals surface area contributed by atoms with Crippen molar-refractivity contribution in [2.24, 2.45) is 0 Å². The first-order valence-electron chi connectivity index (χ1n) is 5.80. The fourth-order valence-electron chi connectivity index (χ4n) is 1.54. The van der Waals surface area contributed by atoms with E-state index in [0.717, 1.165) is 19.4 Å². The maximum Gasteiger partial charge on any atom is 0.257 e. The van der Waals surface area contributed by atoms with Crippen LogP contribution >= 0.6 is 11.6 Å². The SMILES string of the molecule is CCCCN(CC)C(=O)c1cc(N)cnc1Cl. The molecule has 17 heavy (non-hydrogen) atoms. The second-order valence-electron chi connectivity index (χ2n) is 3.85. The molecule has 0 spiro atoms. The van der Waals surface area contributed by atoms with Gasteiger partial charge in [-0.3, -0.25) is 4.79 Å². The van der Waals surface area contributed by atoms with Gasteiger partial charge in [-0.2, -0.15) is 0 Å². The summed E-state index contributed by atoms with van der Waals surface area (Å²) in [6.45, 7) is 5.43. The van der Waals surface area contributed by atoms with Gasteiger partial charge >= 0.3 is 0 Å². The Hall–Kier alpha value is -1.29. The van der Waals surface area contributed by atoms with Gasteiger partial charge < -0.3 is 10.6 Å². The number of rotatable bonds is 5. The highest BCUT2D eigenvalue weighted by Crippen LogP contribution is 2.17. The molecule has 0 bridgehead atoms. The molecule has 5 heteroatoms. The molecule has 2 N–H and O–H groups in total. The molecule has 94 valence electrons. The fourth-order valence-corrected chi connectivity index (χ4v) is 1.72. The molecule has 0 saturated heterocycles. The summed E-state index contributed by atoms with van der Waals surface area (Å²) in [7, 11) is 0. The van der Waals surface area contributed by atoms with Crippen molar-refractivity contribution in [3.63, 3.8) is 0 Å². The van der Waals surface area contributed by atoms with Crippen molar-refractivity contribution in [1.82, 2.24) is 9.88 Å². The van der Waals surface area contributed by atoms with Crippen LogP contribution in [-0.2, 0) is 0 Å². The molecule has 0 aliphatic rings. The number of nitrogen functional groups attached to an aromatic ring is 1. The monoisotopic (exact) mass is 255 g/mol. The molecular weight excluding hydrogens is 238 g/mol. The van der Waals surface area contributed by atoms with Crippen molar-refractivity contribution in [2.45, 2.75) is 26.7 Å². The summed E-state index contributed by atoms with van der Waals surface area (Å²) < 4.78 is 0. The Balaban J connectivity index is 2.89. The molecule has 0 saturated carbocycles. The van der Waals surface area contributed by atoms with Crippen molar-refractivity contribution in [3.8, 4) is 0 Å². The summed E-state index contributed by atoms with van der Waals surface area (Å²) in [5.41, 5.74) is 6.44. The van der Waals surface area contributed by atoms with E-state index in [1.807, 2.05) is 6.92 Å². The Morgan fingerprint density at radius 3 is 2.82 bits per heavy atom. The molecule has 0 aliphatic carbocycles. The van der Waals surface area contributed by atoms with Crippen LogP contribution in [0.25, 0.3) is 0 Å². The number of aromatic nitrogens is 1. The first kappa shape index (κ1) is 13.8. The molecule has 0 fully saturated rings. The highest BCUT2D eigenvalue weighted by molar-refractivity contribution is 6.32. The minimum Gasteiger partial charge on any atom is -0.397 e. The number of unbranched alkanes of at least 4 members (excludes halogenated alkanes) is 1. The summed E-state index contributed by atoms with van der Waals surface area (Å²) in [4.78, 5) is 17.8. The lowest BCUT2D eigenvalue weighted by molar-refractivity contribution is 0.0762. The van der Waals surface area contributed by atoms with Crippen LogP contribution in [-0.4, -0.2) is 28.9 Å². The highest BCUT2D eigenvalue weighted by atomic mass is 35.5. The summed E-state index contributed by atoms with van der Waals surface area (Å²) in [6.07, 6.45) is 3.47. The molecule has 0 radical (unpaired) electrons. The molecular formula is C12H18ClN3O. The van der Waals surface area contributed by atoms with Gasteiger partial charge in [0, 0.05) is 13.1 Å². The number of halogens is 1. The van der Waals surface area contributed by atoms with Crippen LogP contribution in [0.2, 0.25) is 5.15 Å². The molecule has 1 aromatic heterocycles. The zero-order valence-electron chi connectivity index (χ0n) is 10.2. The number of amides is 1. The van der Waals surface area contributed by atoms with Gasteiger partial charge in [0.1, 0.15) is 5.15 Å². The van der Waals surface area contributed by atoms with Crippen molar-refractivity contribution in [3.05, 3.63) is 23.0 Å². The third-order valence-electron chi connectivity index (χ3n) is 2.54. The predicted molar refractivity (Wildman–Crippen MR) is 70.1 cm³/mol. The largest absolute Gasteiger partial charge is 0.397 e. The Labute approximate surface area is 107 Å². The molecule has 1 heterocycles. The van der Waals surface area contributed by atoms with Crippen molar-refractivity contribution in [1.29, 1.82) is 0 Å². The zero-order chi connectivity index (χ0) is 12.8. The van der Waals surface area contributed by atoms with Crippen molar-refractivity contribution < 1.29 is 4.79 Å². The lowest BCUT2D eigenvalue weighted by Crippen LogP contribution is -2.32. The van der Waals surface area contributed by atoms with E-state index >= 15 is 0 Å². The molecule has 0 atom stereocenters. The lowest BCUT2D eigenvalue weighted by Gasteiger charge is -2.21. The molecule has 1 aromatic rings. The topological polar surface area (TPSA) is 59.2 Å². The summed E-state index contributed by atoms with van der Waals surface area (Å²) in [5.74, 6) is -0.106. The summed E-state index contributed by atoms with van der Waals surface area (Å²) in [6, 6.07) is 1.58. The number of pyridine rings is 1. The average molecular weight is 256 g/mol. The van der Waals surface area contributed by atoms with E-state index in [1.54, 1.807) is 11.0 Å². The van der Waals surface area contributed by atoms with E-state index < -0.39 is 0 Å². The van der Waals surface area contributed by atoms with E-state index in [2.05, 4.69) is 11.9 Å². The normalized spacial score (nSPS) is 10.3. The van der Waals surface area contributed by atoms with Gasteiger partial charge in [0.25, 0.3) is 5.91 Å². The van der Waals surface area contributed by atoms with Gasteiger partial charge in [0.2, 0.25) is 0 Å². The van der Waals surface area contributed by atoms with Gasteiger partial charge in [0.15, 0.2) is 0 Å². The molecule has 0 aliphatic heterocycles. The number of hydrogen-bond donors (Lipinski definition) is 1. The van der Waals surface area contributed by atoms with Crippen LogP contribution in [0.3, 0.4) is 0 Å². The molecule has 1 rings (SSSR count). The predicted octanol–water partition coefficient (Wildman–Crippen LogP) is 2.58. The van der Waals surface area contributed by atoms with Gasteiger partial charge in [-0.25, -0.2) is 4.98 Å². The maximum atomic E-state index is 12.2. The van der Waals surface area contributed by atoms with E-state index in [0.29, 0.717) is 17.8 Å². The number of nitrogens with zero attached hydrogens (tertiary/aromatic N) is 2. The number of nitrogens with two attached hydrogens (primary N) is 1. The van der Waals surface area contributed by atoms with Gasteiger partial charge in [-0.15, -0.1) is 0 Å². The van der Waals surface area contributed by atoms with Gasteiger partial charge in [-0.05, 0) is 19.4 Å². The molecule has 4 nitrogen and oxygen atoms in total. The Kier molecular flexibility index (Phi) is 5.22. The van der Waals surface area contributed by atoms with Crippen molar-refractivity contribution >= 4 is 23.2 Å². The highest BCUT2D eigenvalue weighted by Gasteiger charge is 2.17. The Morgan fingerprint density at radius 1 is 1.53 bits per heavy atom. The van der Waals surface area contributed by atoms with Crippen LogP contribution in [0.5, 0.6) is 0 Å². The second kappa shape index (κ2) is 6.45. The number of carbonyl (C=O) groups is 1. The van der Waals surface area contributed by atoms with E-state index in [9.17, 15) is 4.79 Å². The smallest absolute Gasteiger partial charge is 0.257 e. The number of carbonyl (C=O) groups excluding carboxylic acids is 1. The third-order valence-corrected chi connectivity index (χ3v) is 2.84. The minimum absolute atomic E-state index is 0.106. The van der Waals surface area contributed by atoms with Crippen LogP contribution in [0.4, 0.5) is 5.69 Å². The van der Waals surface area contributed by atoms with E-state index in [1.165, 1.54) is 6.20 Å². The van der Waals surface area contributed by atoms with Crippen LogP contribution < -0.4 is 5.73 Å². The van der Waals surface area contributed by atoms with E-state index in [4.69, 9.17) is 17.3 Å². The fraction of sp³-hybridized carbons (Fsp3) is 0.500. The van der Waals surface area contributed by atoms with Crippen LogP contribution in [0, 0.1) is 0 Å². The third kappa shape index (κ3) is 3.60. The second-order valence-corrected chi connectivity index (χ2v) is 4.20. The minimum atomic E-state index is -0.106. The first-order valence-corrected chi connectivity index (χ1v) is 6.18. The quantitative estimate of drug-likeness (QED) is 0.823. The molecule has 0 unspecified atom stereocenters. The lowest BCUT2D eigenvalue weighted by atomic mass is 10.2. The van der Waals surface area contributed by atoms with Crippen molar-refractivity contribution in [2.75, 3.05) is 18.8 Å². The first-order chi connectivity index (χ1) is 8.10. The summed E-state index contributed by atoms with van der Waals surface area (Å²) >= 11 is 5.91. The summed E-state index contributed by atoms with van der Waals surface area (Å²) in [5, 5.41) is 0.208. The Bertz CT molecular complexity index is 395. The van der Waals surface area contributed by atoms with Gasteiger partial charge in [0.05, 0.1) is 17.4 Å². The molecule has 0 aromatic carbocycles. The maximum absolute atomic E-state index is 12.2. The Morgan fingerprint density at radius 2 is 2.24 bits per heavy atom. The molecule has 1 amide bonds. The standard InChI is InChI=1S/C12H18ClN3O/c1-3-5-6-16(4-2)12(17)10-7-9(14)8-15-11(10)13/h7-8H,3-6,14H2,1-2H3. The van der Waals surface area contributed by atoms with E-state index in [-0.39, 0.29) is 11.1 Å². The zero-order valence-corrected chi connectivity index (χ0v) is 11.0. The van der Waals surface area contributed by atoms with Gasteiger partial charge in [-0.1, -0.05) is 24.9 Å². The number of hydrogen-bond acceptors (Lipinski definition) is 3. The van der Waals surface area contributed by atoms with Crippen LogP contribution in [0.1, 0.15) is 37.0 Å². The van der Waals surface area contributed by atoms with Crippen LogP contribution in [0.15, 0.2) is 12.3 Å². The average Bonchev–Trinajstić information content (AvgIpc) is 2.33. The number of anilines is 1.